The first-order chi connectivity index (χ1) is 10.3. The number of anilines is 1. The molecule has 1 N–H and O–H groups in total. The molecular formula is C19H26N2. The third kappa shape index (κ3) is 3.21. The third-order valence-corrected chi connectivity index (χ3v) is 4.69. The standard InChI is InChI=1S/C19H26N2/c1-3-21(14-17-13-15(2)11-12-20-17)19-10-6-8-16-7-4-5-9-18(16)19/h4-10,15,17,20H,3,11-14H2,1-2H3. The molecule has 0 saturated carbocycles. The number of nitrogens with one attached hydrogen (secondary N) is 1. The molecule has 2 atom stereocenters. The highest BCUT2D eigenvalue weighted by atomic mass is 15.2. The fourth-order valence-electron chi connectivity index (χ4n) is 3.51. The van der Waals surface area contributed by atoms with Crippen LogP contribution in [-0.2, 0) is 0 Å². The van der Waals surface area contributed by atoms with Gasteiger partial charge in [0.25, 0.3) is 0 Å². The predicted molar refractivity (Wildman–Crippen MR) is 92.0 cm³/mol. The number of benzene rings is 2. The van der Waals surface area contributed by atoms with E-state index in [0.717, 1.165) is 19.0 Å². The molecule has 1 saturated heterocycles. The zero-order valence-corrected chi connectivity index (χ0v) is 13.2. The number of fused-ring (bicyclic) bond motifs is 1. The summed E-state index contributed by atoms with van der Waals surface area (Å²) in [6.45, 7) is 7.96. The lowest BCUT2D eigenvalue weighted by Gasteiger charge is -2.34. The molecule has 112 valence electrons. The van der Waals surface area contributed by atoms with Crippen molar-refractivity contribution in [2.24, 2.45) is 5.92 Å². The Balaban J connectivity index is 1.84. The summed E-state index contributed by atoms with van der Waals surface area (Å²) in [5.74, 6) is 0.850. The second-order valence-electron chi connectivity index (χ2n) is 6.32. The molecule has 2 aromatic rings. The SMILES string of the molecule is CCN(CC1CC(C)CCN1)c1cccc2ccccc12. The first-order valence-electron chi connectivity index (χ1n) is 8.24. The van der Waals surface area contributed by atoms with Gasteiger partial charge in [0.15, 0.2) is 0 Å². The first-order valence-corrected chi connectivity index (χ1v) is 8.24. The molecule has 1 fully saturated rings. The highest BCUT2D eigenvalue weighted by Gasteiger charge is 2.21. The zero-order chi connectivity index (χ0) is 14.7. The van der Waals surface area contributed by atoms with Gasteiger partial charge in [-0.25, -0.2) is 0 Å². The van der Waals surface area contributed by atoms with E-state index in [4.69, 9.17) is 0 Å². The van der Waals surface area contributed by atoms with Crippen molar-refractivity contribution in [2.75, 3.05) is 24.5 Å². The zero-order valence-electron chi connectivity index (χ0n) is 13.2. The average Bonchev–Trinajstić information content (AvgIpc) is 2.52. The summed E-state index contributed by atoms with van der Waals surface area (Å²) in [4.78, 5) is 2.53. The molecule has 1 aliphatic heterocycles. The Morgan fingerprint density at radius 1 is 1.14 bits per heavy atom. The minimum atomic E-state index is 0.618. The Bertz CT molecular complexity index is 588. The summed E-state index contributed by atoms with van der Waals surface area (Å²) in [5.41, 5.74) is 1.37. The minimum absolute atomic E-state index is 0.618. The molecule has 0 aromatic heterocycles. The summed E-state index contributed by atoms with van der Waals surface area (Å²) < 4.78 is 0. The second kappa shape index (κ2) is 6.48. The highest BCUT2D eigenvalue weighted by Crippen LogP contribution is 2.27. The van der Waals surface area contributed by atoms with Crippen LogP contribution in [0.15, 0.2) is 42.5 Å². The Kier molecular flexibility index (Phi) is 4.45. The number of hydrogen-bond acceptors (Lipinski definition) is 2. The van der Waals surface area contributed by atoms with Crippen LogP contribution in [0.1, 0.15) is 26.7 Å². The predicted octanol–water partition coefficient (Wildman–Crippen LogP) is 4.05. The van der Waals surface area contributed by atoms with Crippen LogP contribution in [0.5, 0.6) is 0 Å². The summed E-state index contributed by atoms with van der Waals surface area (Å²) in [5, 5.41) is 6.39. The molecular weight excluding hydrogens is 256 g/mol. The normalized spacial score (nSPS) is 22.4. The van der Waals surface area contributed by atoms with Gasteiger partial charge in [0.2, 0.25) is 0 Å². The summed E-state index contributed by atoms with van der Waals surface area (Å²) >= 11 is 0. The largest absolute Gasteiger partial charge is 0.370 e. The number of nitrogens with zero attached hydrogens (tertiary/aromatic N) is 1. The lowest BCUT2D eigenvalue weighted by molar-refractivity contribution is 0.321. The lowest BCUT2D eigenvalue weighted by atomic mass is 9.94. The van der Waals surface area contributed by atoms with Gasteiger partial charge in [0.1, 0.15) is 0 Å². The number of rotatable bonds is 4. The smallest absolute Gasteiger partial charge is 0.0446 e. The lowest BCUT2D eigenvalue weighted by Crippen LogP contribution is -2.45. The maximum absolute atomic E-state index is 3.69. The van der Waals surface area contributed by atoms with E-state index in [1.807, 2.05) is 0 Å². The maximum Gasteiger partial charge on any atom is 0.0446 e. The van der Waals surface area contributed by atoms with Crippen LogP contribution in [0.3, 0.4) is 0 Å². The highest BCUT2D eigenvalue weighted by molar-refractivity contribution is 5.94. The molecule has 0 bridgehead atoms. The van der Waals surface area contributed by atoms with Crippen molar-refractivity contribution in [3.8, 4) is 0 Å². The van der Waals surface area contributed by atoms with E-state index in [1.54, 1.807) is 0 Å². The van der Waals surface area contributed by atoms with Crippen LogP contribution < -0.4 is 10.2 Å². The summed E-state index contributed by atoms with van der Waals surface area (Å²) in [7, 11) is 0. The molecule has 2 heteroatoms. The van der Waals surface area contributed by atoms with E-state index in [0.29, 0.717) is 6.04 Å². The maximum atomic E-state index is 3.69. The van der Waals surface area contributed by atoms with E-state index >= 15 is 0 Å². The van der Waals surface area contributed by atoms with Gasteiger partial charge in [-0.2, -0.15) is 0 Å². The van der Waals surface area contributed by atoms with Gasteiger partial charge in [0, 0.05) is 30.2 Å². The van der Waals surface area contributed by atoms with E-state index in [2.05, 4.69) is 66.5 Å². The van der Waals surface area contributed by atoms with Crippen molar-refractivity contribution in [1.29, 1.82) is 0 Å². The average molecular weight is 282 g/mol. The van der Waals surface area contributed by atoms with Crippen molar-refractivity contribution < 1.29 is 0 Å². The molecule has 0 radical (unpaired) electrons. The van der Waals surface area contributed by atoms with Crippen LogP contribution in [0.2, 0.25) is 0 Å². The fourth-order valence-corrected chi connectivity index (χ4v) is 3.51. The van der Waals surface area contributed by atoms with Gasteiger partial charge in [-0.05, 0) is 43.7 Å². The van der Waals surface area contributed by atoms with Crippen molar-refractivity contribution in [3.05, 3.63) is 42.5 Å². The van der Waals surface area contributed by atoms with Crippen LogP contribution in [0.4, 0.5) is 5.69 Å². The van der Waals surface area contributed by atoms with Gasteiger partial charge >= 0.3 is 0 Å². The molecule has 2 nitrogen and oxygen atoms in total. The van der Waals surface area contributed by atoms with Crippen LogP contribution >= 0.6 is 0 Å². The van der Waals surface area contributed by atoms with Gasteiger partial charge < -0.3 is 10.2 Å². The Morgan fingerprint density at radius 3 is 2.76 bits per heavy atom. The molecule has 0 spiro atoms. The number of likely N-dealkylation sites (N-methyl/N-ethyl adjacent to an activating group) is 1. The van der Waals surface area contributed by atoms with Crippen molar-refractivity contribution >= 4 is 16.5 Å². The van der Waals surface area contributed by atoms with E-state index < -0.39 is 0 Å². The Morgan fingerprint density at radius 2 is 1.95 bits per heavy atom. The minimum Gasteiger partial charge on any atom is -0.370 e. The number of hydrogen-bond donors (Lipinski definition) is 1. The molecule has 21 heavy (non-hydrogen) atoms. The van der Waals surface area contributed by atoms with Crippen molar-refractivity contribution in [1.82, 2.24) is 5.32 Å². The monoisotopic (exact) mass is 282 g/mol. The van der Waals surface area contributed by atoms with E-state index in [-0.39, 0.29) is 0 Å². The molecule has 3 rings (SSSR count). The third-order valence-electron chi connectivity index (χ3n) is 4.69. The molecule has 2 aromatic carbocycles. The number of piperidine rings is 1. The van der Waals surface area contributed by atoms with E-state index in [1.165, 1.54) is 35.8 Å². The quantitative estimate of drug-likeness (QED) is 0.910. The topological polar surface area (TPSA) is 15.3 Å². The summed E-state index contributed by atoms with van der Waals surface area (Å²) in [6, 6.07) is 16.0. The van der Waals surface area contributed by atoms with Crippen LogP contribution in [-0.4, -0.2) is 25.7 Å². The van der Waals surface area contributed by atoms with Crippen LogP contribution in [0.25, 0.3) is 10.8 Å². The van der Waals surface area contributed by atoms with Crippen molar-refractivity contribution in [3.63, 3.8) is 0 Å². The Hall–Kier alpha value is -1.54. The second-order valence-corrected chi connectivity index (χ2v) is 6.32. The molecule has 1 aliphatic rings. The summed E-state index contributed by atoms with van der Waals surface area (Å²) in [6.07, 6.45) is 2.61. The Labute approximate surface area is 128 Å². The fraction of sp³-hybridized carbons (Fsp3) is 0.474. The molecule has 0 amide bonds. The molecule has 0 aliphatic carbocycles. The first kappa shape index (κ1) is 14.4. The van der Waals surface area contributed by atoms with Gasteiger partial charge in [-0.15, -0.1) is 0 Å². The van der Waals surface area contributed by atoms with Gasteiger partial charge in [-0.1, -0.05) is 43.3 Å². The molecule has 2 unspecified atom stereocenters. The van der Waals surface area contributed by atoms with Gasteiger partial charge in [0.05, 0.1) is 0 Å². The molecule has 1 heterocycles. The van der Waals surface area contributed by atoms with Crippen molar-refractivity contribution in [2.45, 2.75) is 32.7 Å². The van der Waals surface area contributed by atoms with Crippen LogP contribution in [0, 0.1) is 5.92 Å². The van der Waals surface area contributed by atoms with Gasteiger partial charge in [-0.3, -0.25) is 0 Å². The van der Waals surface area contributed by atoms with E-state index in [9.17, 15) is 0 Å².